The summed E-state index contributed by atoms with van der Waals surface area (Å²) < 4.78 is 40.0. The van der Waals surface area contributed by atoms with Gasteiger partial charge in [-0.2, -0.15) is 0 Å². The Morgan fingerprint density at radius 3 is 0.551 bits per heavy atom. The summed E-state index contributed by atoms with van der Waals surface area (Å²) in [4.78, 5) is 0. The maximum atomic E-state index is 8.85. The second-order valence-electron chi connectivity index (χ2n) is 11.9. The van der Waals surface area contributed by atoms with Crippen molar-refractivity contribution in [2.75, 3.05) is 0 Å². The summed E-state index contributed by atoms with van der Waals surface area (Å²) in [5.74, 6) is 0. The molecule has 0 aliphatic carbocycles. The fourth-order valence-corrected chi connectivity index (χ4v) is 21.7. The molecule has 49 heavy (non-hydrogen) atoms. The van der Waals surface area contributed by atoms with Crippen molar-refractivity contribution in [1.29, 1.82) is 0 Å². The predicted molar refractivity (Wildman–Crippen MR) is 198 cm³/mol. The van der Waals surface area contributed by atoms with Crippen LogP contribution in [-0.4, -0.2) is 47.0 Å². The minimum absolute atomic E-state index is 1.33. The van der Waals surface area contributed by atoms with Crippen LogP contribution < -0.4 is 0 Å². The Labute approximate surface area is 309 Å². The minimum atomic E-state index is -5.52. The molecule has 6 aromatic carbocycles. The van der Waals surface area contributed by atoms with Crippen LogP contribution in [0.2, 0.25) is 0 Å². The van der Waals surface area contributed by atoms with Gasteiger partial charge in [0, 0.05) is 0 Å². The number of hydrogen-bond donors (Lipinski definition) is 2. The molecule has 6 rings (SSSR count). The molecule has 2 radical (unpaired) electrons. The summed E-state index contributed by atoms with van der Waals surface area (Å²) in [6, 6.07) is 66.1. The Morgan fingerprint density at radius 1 is 0.306 bits per heavy atom. The van der Waals surface area contributed by atoms with Crippen molar-refractivity contribution in [3.63, 3.8) is 0 Å². The van der Waals surface area contributed by atoms with E-state index in [1.54, 1.807) is 0 Å². The van der Waals surface area contributed by atoms with Gasteiger partial charge in [-0.05, 0) is 0 Å². The Kier molecular flexibility index (Phi) is 17.5. The molecule has 0 unspecified atom stereocenters. The predicted octanol–water partition coefficient (Wildman–Crippen LogP) is 8.30. The van der Waals surface area contributed by atoms with E-state index < -0.39 is 56.3 Å². The zero-order valence-corrected chi connectivity index (χ0v) is 35.4. The average molecular weight is 946 g/mol. The van der Waals surface area contributed by atoms with E-state index in [4.69, 9.17) is 14.3 Å². The fraction of sp³-hybridized carbons (Fsp3) is 0.143. The van der Waals surface area contributed by atoms with E-state index in [1.165, 1.54) is 60.0 Å². The monoisotopic (exact) mass is 950 g/mol. The van der Waals surface area contributed by atoms with Crippen LogP contribution >= 0.6 is 0 Å². The van der Waals surface area contributed by atoms with Crippen LogP contribution in [0.25, 0.3) is 0 Å². The summed E-state index contributed by atoms with van der Waals surface area (Å²) in [5.41, 5.74) is 9.10. The number of rotatable bonds is 12. The van der Waals surface area contributed by atoms with Crippen LogP contribution in [0.1, 0.15) is 33.4 Å². The average Bonchev–Trinajstić information content (AvgIpc) is 3.11. The van der Waals surface area contributed by atoms with Crippen molar-refractivity contribution >= 4 is 39.5 Å². The van der Waals surface area contributed by atoms with Gasteiger partial charge in [0.1, 0.15) is 0 Å². The molecule has 0 aliphatic rings. The van der Waals surface area contributed by atoms with Crippen molar-refractivity contribution in [1.82, 2.24) is 0 Å². The Hall–Kier alpha value is -2.87. The summed E-state index contributed by atoms with van der Waals surface area (Å²) in [6.45, 7) is 0. The topological polar surface area (TPSA) is 74.6 Å². The van der Waals surface area contributed by atoms with E-state index in [0.29, 0.717) is 0 Å². The van der Waals surface area contributed by atoms with Crippen molar-refractivity contribution < 1.29 is 31.1 Å². The summed E-state index contributed by atoms with van der Waals surface area (Å²) in [6.07, 6.45) is 0. The molecule has 0 bridgehead atoms. The zero-order valence-electron chi connectivity index (χ0n) is 27.7. The van der Waals surface area contributed by atoms with Crippen LogP contribution in [-0.2, 0) is 50.2 Å². The first-order chi connectivity index (χ1) is 23.8. The maximum absolute atomic E-state index is 8.85. The first kappa shape index (κ1) is 38.9. The first-order valence-corrected chi connectivity index (χ1v) is 31.9. The molecule has 0 aliphatic heterocycles. The van der Waals surface area contributed by atoms with Gasteiger partial charge in [0.25, 0.3) is 0 Å². The molecule has 4 nitrogen and oxygen atoms in total. The van der Waals surface area contributed by atoms with Gasteiger partial charge < -0.3 is 0 Å². The van der Waals surface area contributed by atoms with Crippen molar-refractivity contribution in [3.8, 4) is 0 Å². The standard InChI is InChI=1S/6C7H7.Mo.2H2O.2O.2Sn/c6*1-7-5-3-2-4-6-7;;;;;;;/h6*2-6H,1H2;;2*1H2;;;;/q;;;;;;+2;;;;;;/p-2. The van der Waals surface area contributed by atoms with Crippen LogP contribution in [0.5, 0.6) is 0 Å². The van der Waals surface area contributed by atoms with Crippen LogP contribution in [0.15, 0.2) is 182 Å². The van der Waals surface area contributed by atoms with Crippen LogP contribution in [0.4, 0.5) is 0 Å². The molecular weight excluding hydrogens is 902 g/mol. The van der Waals surface area contributed by atoms with E-state index in [1.807, 2.05) is 0 Å². The quantitative estimate of drug-likeness (QED) is 0.121. The van der Waals surface area contributed by atoms with Gasteiger partial charge in [-0.25, -0.2) is 0 Å². The summed E-state index contributed by atoms with van der Waals surface area (Å²) in [7, 11) is 0. The van der Waals surface area contributed by atoms with Gasteiger partial charge in [0.05, 0.1) is 0 Å². The number of benzene rings is 6. The van der Waals surface area contributed by atoms with Crippen molar-refractivity contribution in [3.05, 3.63) is 215 Å². The molecule has 0 aromatic heterocycles. The van der Waals surface area contributed by atoms with E-state index in [0.717, 1.165) is 0 Å². The van der Waals surface area contributed by atoms with E-state index in [2.05, 4.69) is 182 Å². The zero-order chi connectivity index (χ0) is 34.6. The SMILES string of the molecule is [O]=[Mo](=[O])([OH])[OH].c1ccc([CH2][Sn]([CH2]c2ccccc2)[CH2]c2ccccc2)cc1.c1ccc([CH2][Sn]([CH2]c2ccccc2)[CH2]c2ccccc2)cc1. The van der Waals surface area contributed by atoms with Crippen LogP contribution in [0, 0.1) is 0 Å². The van der Waals surface area contributed by atoms with Gasteiger partial charge in [-0.1, -0.05) is 0 Å². The molecule has 250 valence electrons. The van der Waals surface area contributed by atoms with Crippen molar-refractivity contribution in [2.45, 2.75) is 26.6 Å². The molecule has 0 fully saturated rings. The van der Waals surface area contributed by atoms with E-state index >= 15 is 0 Å². The van der Waals surface area contributed by atoms with E-state index in [9.17, 15) is 0 Å². The third-order valence-corrected chi connectivity index (χ3v) is 23.3. The molecule has 0 saturated carbocycles. The number of hydrogen-bond acceptors (Lipinski definition) is 2. The third kappa shape index (κ3) is 17.6. The Bertz CT molecular complexity index is 1500. The van der Waals surface area contributed by atoms with Crippen molar-refractivity contribution in [2.24, 2.45) is 0 Å². The Balaban J connectivity index is 0.000000194. The third-order valence-electron chi connectivity index (χ3n) is 7.78. The van der Waals surface area contributed by atoms with E-state index in [-0.39, 0.29) is 0 Å². The second kappa shape index (κ2) is 22.0. The molecule has 0 heterocycles. The van der Waals surface area contributed by atoms with Gasteiger partial charge in [-0.15, -0.1) is 0 Å². The molecular formula is C42H44MoO4Sn2. The first-order valence-electron chi connectivity index (χ1n) is 16.4. The van der Waals surface area contributed by atoms with Gasteiger partial charge in [0.2, 0.25) is 0 Å². The Morgan fingerprint density at radius 2 is 0.429 bits per heavy atom. The van der Waals surface area contributed by atoms with Crippen LogP contribution in [0.3, 0.4) is 0 Å². The van der Waals surface area contributed by atoms with Gasteiger partial charge in [0.15, 0.2) is 0 Å². The molecule has 6 aromatic rings. The summed E-state index contributed by atoms with van der Waals surface area (Å²) >= 11 is -8.63. The molecule has 0 amide bonds. The van der Waals surface area contributed by atoms with Gasteiger partial charge in [-0.3, -0.25) is 0 Å². The summed E-state index contributed by atoms with van der Waals surface area (Å²) in [5, 5.41) is 0. The fourth-order valence-electron chi connectivity index (χ4n) is 5.68. The van der Waals surface area contributed by atoms with Gasteiger partial charge >= 0.3 is 313 Å². The normalized spacial score (nSPS) is 10.9. The molecule has 0 saturated heterocycles. The molecule has 7 heteroatoms. The molecule has 2 N–H and O–H groups in total. The molecule has 0 spiro atoms. The molecule has 0 atom stereocenters. The second-order valence-corrected chi connectivity index (χ2v) is 28.7.